The third-order valence-corrected chi connectivity index (χ3v) is 5.99. The second kappa shape index (κ2) is 14.6. The van der Waals surface area contributed by atoms with Crippen LogP contribution in [-0.2, 0) is 11.4 Å². The van der Waals surface area contributed by atoms with Crippen molar-refractivity contribution < 1.29 is 19.7 Å². The molecular weight excluding hydrogens is 544 g/mol. The molecule has 10 nitrogen and oxygen atoms in total. The lowest BCUT2D eigenvalue weighted by molar-refractivity contribution is -0.111. The number of nitriles is 1. The van der Waals surface area contributed by atoms with Crippen molar-refractivity contribution >= 4 is 45.5 Å². The largest absolute Gasteiger partial charge is 0.492 e. The van der Waals surface area contributed by atoms with E-state index >= 15 is 0 Å². The fourth-order valence-electron chi connectivity index (χ4n) is 3.83. The number of amides is 1. The Labute approximate surface area is 243 Å². The van der Waals surface area contributed by atoms with Crippen molar-refractivity contribution in [2.45, 2.75) is 13.5 Å². The number of carbonyl (C=O) groups excluding carboxylic acids is 1. The number of carbonyl (C=O) groups is 1. The standard InChI is InChI=1S/C30H29ClN6O3.H2O/c1-4-39-28-16-25-23(15-26(28)36-29(38)9-7-13-37(2)3)30(20(17-32)18-34-25)35-21-10-11-27(24(31)14-21)40-19-22-8-5-6-12-33-22;/h5-12,14-16,18H,4,13,19H2,1-3H3,(H,34,35)(H,36,38);1H2. The Kier molecular flexibility index (Phi) is 11.0. The monoisotopic (exact) mass is 574 g/mol. The van der Waals surface area contributed by atoms with Crippen LogP contribution in [0.5, 0.6) is 11.5 Å². The molecule has 0 radical (unpaired) electrons. The molecule has 0 saturated carbocycles. The highest BCUT2D eigenvalue weighted by Crippen LogP contribution is 2.37. The van der Waals surface area contributed by atoms with Crippen molar-refractivity contribution in [2.75, 3.05) is 37.9 Å². The zero-order valence-electron chi connectivity index (χ0n) is 22.9. The van der Waals surface area contributed by atoms with Gasteiger partial charge in [0.05, 0.1) is 39.8 Å². The predicted octanol–water partition coefficient (Wildman–Crippen LogP) is 5.11. The van der Waals surface area contributed by atoms with E-state index in [-0.39, 0.29) is 18.0 Å². The number of fused-ring (bicyclic) bond motifs is 1. The molecule has 2 heterocycles. The van der Waals surface area contributed by atoms with E-state index in [1.807, 2.05) is 44.1 Å². The van der Waals surface area contributed by atoms with E-state index in [1.54, 1.807) is 42.6 Å². The minimum Gasteiger partial charge on any atom is -0.492 e. The quantitative estimate of drug-likeness (QED) is 0.235. The van der Waals surface area contributed by atoms with Crippen molar-refractivity contribution in [3.05, 3.63) is 89.4 Å². The number of hydrogen-bond donors (Lipinski definition) is 2. The highest BCUT2D eigenvalue weighted by molar-refractivity contribution is 6.32. The highest BCUT2D eigenvalue weighted by Gasteiger charge is 2.16. The topological polar surface area (TPSA) is 144 Å². The van der Waals surface area contributed by atoms with Crippen molar-refractivity contribution in [1.82, 2.24) is 14.9 Å². The van der Waals surface area contributed by atoms with Gasteiger partial charge in [0.2, 0.25) is 5.91 Å². The number of likely N-dealkylation sites (N-methyl/N-ethyl adjacent to an activating group) is 1. The van der Waals surface area contributed by atoms with Gasteiger partial charge in [-0.15, -0.1) is 0 Å². The molecule has 0 unspecified atom stereocenters. The smallest absolute Gasteiger partial charge is 0.248 e. The van der Waals surface area contributed by atoms with Crippen molar-refractivity contribution in [3.63, 3.8) is 0 Å². The van der Waals surface area contributed by atoms with E-state index in [4.69, 9.17) is 21.1 Å². The molecule has 0 atom stereocenters. The molecule has 4 N–H and O–H groups in total. The van der Waals surface area contributed by atoms with Crippen molar-refractivity contribution in [2.24, 2.45) is 0 Å². The normalized spacial score (nSPS) is 10.7. The molecular formula is C30H31ClN6O4. The van der Waals surface area contributed by atoms with Gasteiger partial charge in [0.25, 0.3) is 0 Å². The molecule has 4 rings (SSSR count). The van der Waals surface area contributed by atoms with Crippen LogP contribution >= 0.6 is 11.6 Å². The molecule has 0 fully saturated rings. The van der Waals surface area contributed by atoms with Crippen LogP contribution in [0.1, 0.15) is 18.2 Å². The van der Waals surface area contributed by atoms with Gasteiger partial charge in [-0.2, -0.15) is 5.26 Å². The van der Waals surface area contributed by atoms with E-state index in [2.05, 4.69) is 26.7 Å². The Hall–Kier alpha value is -4.69. The van der Waals surface area contributed by atoms with Crippen LogP contribution in [0.4, 0.5) is 17.1 Å². The number of aromatic nitrogens is 2. The van der Waals surface area contributed by atoms with Gasteiger partial charge in [-0.1, -0.05) is 23.7 Å². The van der Waals surface area contributed by atoms with Gasteiger partial charge in [0.1, 0.15) is 24.2 Å². The Balaban J connectivity index is 0.00000462. The molecule has 0 spiro atoms. The Morgan fingerprint density at radius 2 is 1.95 bits per heavy atom. The second-order valence-corrected chi connectivity index (χ2v) is 9.40. The first-order chi connectivity index (χ1) is 19.4. The molecule has 2 aromatic heterocycles. The molecule has 2 aromatic carbocycles. The molecule has 0 aliphatic carbocycles. The SMILES string of the molecule is CCOc1cc2ncc(C#N)c(Nc3ccc(OCc4ccccn4)c(Cl)c3)c2cc1NC(=O)C=CCN(C)C.O. The highest BCUT2D eigenvalue weighted by atomic mass is 35.5. The molecule has 212 valence electrons. The average molecular weight is 575 g/mol. The minimum atomic E-state index is -0.297. The van der Waals surface area contributed by atoms with Crippen LogP contribution in [0.25, 0.3) is 10.9 Å². The third kappa shape index (κ3) is 8.16. The molecule has 4 aromatic rings. The number of anilines is 3. The lowest BCUT2D eigenvalue weighted by Crippen LogP contribution is -2.13. The summed E-state index contributed by atoms with van der Waals surface area (Å²) in [6.07, 6.45) is 6.44. The molecule has 41 heavy (non-hydrogen) atoms. The van der Waals surface area contributed by atoms with Crippen LogP contribution in [0.3, 0.4) is 0 Å². The summed E-state index contributed by atoms with van der Waals surface area (Å²) in [5.41, 5.74) is 3.33. The maximum atomic E-state index is 12.6. The lowest BCUT2D eigenvalue weighted by Gasteiger charge is -2.16. The summed E-state index contributed by atoms with van der Waals surface area (Å²) in [7, 11) is 3.84. The van der Waals surface area contributed by atoms with Gasteiger partial charge in [0, 0.05) is 42.2 Å². The first-order valence-corrected chi connectivity index (χ1v) is 13.0. The fourth-order valence-corrected chi connectivity index (χ4v) is 4.07. The van der Waals surface area contributed by atoms with Gasteiger partial charge in [-0.25, -0.2) is 0 Å². The van der Waals surface area contributed by atoms with E-state index in [0.717, 1.165) is 5.69 Å². The lowest BCUT2D eigenvalue weighted by atomic mass is 10.1. The van der Waals surface area contributed by atoms with Gasteiger partial charge in [0.15, 0.2) is 0 Å². The number of hydrogen-bond acceptors (Lipinski definition) is 8. The Morgan fingerprint density at radius 1 is 1.12 bits per heavy atom. The number of nitrogens with one attached hydrogen (secondary N) is 2. The summed E-state index contributed by atoms with van der Waals surface area (Å²) in [4.78, 5) is 23.3. The van der Waals surface area contributed by atoms with E-state index in [1.165, 1.54) is 12.3 Å². The summed E-state index contributed by atoms with van der Waals surface area (Å²) < 4.78 is 11.6. The zero-order chi connectivity index (χ0) is 28.5. The number of nitrogens with zero attached hydrogens (tertiary/aromatic N) is 4. The number of benzene rings is 2. The van der Waals surface area contributed by atoms with Crippen molar-refractivity contribution in [1.29, 1.82) is 5.26 Å². The summed E-state index contributed by atoms with van der Waals surface area (Å²) in [5.74, 6) is 0.686. The van der Waals surface area contributed by atoms with Gasteiger partial charge in [-0.05, 0) is 57.4 Å². The molecule has 1 amide bonds. The van der Waals surface area contributed by atoms with Gasteiger partial charge < -0.3 is 30.5 Å². The average Bonchev–Trinajstić information content (AvgIpc) is 2.94. The van der Waals surface area contributed by atoms with Crippen LogP contribution < -0.4 is 20.1 Å². The molecule has 0 saturated heterocycles. The van der Waals surface area contributed by atoms with Crippen LogP contribution in [0.2, 0.25) is 5.02 Å². The Morgan fingerprint density at radius 3 is 2.63 bits per heavy atom. The molecule has 0 bridgehead atoms. The second-order valence-electron chi connectivity index (χ2n) is 8.99. The number of pyridine rings is 2. The number of halogens is 1. The minimum absolute atomic E-state index is 0. The predicted molar refractivity (Wildman–Crippen MR) is 161 cm³/mol. The first kappa shape index (κ1) is 30.8. The molecule has 0 aliphatic rings. The van der Waals surface area contributed by atoms with E-state index in [0.29, 0.717) is 63.2 Å². The van der Waals surface area contributed by atoms with Crippen LogP contribution in [-0.4, -0.2) is 53.5 Å². The fraction of sp³-hybridized carbons (Fsp3) is 0.200. The Bertz CT molecular complexity index is 1570. The molecule has 11 heteroatoms. The van der Waals surface area contributed by atoms with E-state index in [9.17, 15) is 10.1 Å². The number of rotatable bonds is 11. The number of ether oxygens (including phenoxy) is 2. The van der Waals surface area contributed by atoms with E-state index < -0.39 is 0 Å². The van der Waals surface area contributed by atoms with Gasteiger partial charge >= 0.3 is 0 Å². The van der Waals surface area contributed by atoms with Crippen molar-refractivity contribution in [3.8, 4) is 17.6 Å². The summed E-state index contributed by atoms with van der Waals surface area (Å²) in [6.45, 7) is 3.17. The maximum Gasteiger partial charge on any atom is 0.248 e. The van der Waals surface area contributed by atoms with Crippen LogP contribution in [0, 0.1) is 11.3 Å². The summed E-state index contributed by atoms with van der Waals surface area (Å²) in [6, 6.07) is 16.6. The summed E-state index contributed by atoms with van der Waals surface area (Å²) >= 11 is 6.52. The van der Waals surface area contributed by atoms with Gasteiger partial charge in [-0.3, -0.25) is 14.8 Å². The first-order valence-electron chi connectivity index (χ1n) is 12.6. The van der Waals surface area contributed by atoms with Crippen LogP contribution in [0.15, 0.2) is 73.1 Å². The molecule has 0 aliphatic heterocycles. The maximum absolute atomic E-state index is 12.6. The zero-order valence-corrected chi connectivity index (χ0v) is 23.7. The summed E-state index contributed by atoms with van der Waals surface area (Å²) in [5, 5.41) is 17.0. The third-order valence-electron chi connectivity index (χ3n) is 5.69.